The first-order chi connectivity index (χ1) is 6.02. The first-order valence-corrected chi connectivity index (χ1v) is 5.29. The second kappa shape index (κ2) is 6.15. The van der Waals surface area contributed by atoms with Crippen molar-refractivity contribution in [3.05, 3.63) is 28.2 Å². The van der Waals surface area contributed by atoms with Gasteiger partial charge in [0.1, 0.15) is 0 Å². The molecule has 1 rings (SSSR count). The standard InChI is InChI=1S/C8H7BrO3S.Na/c1-5(10)7-4-6(13(11)12)2-3-8(7)9;/h2-4H,1H3,(H,11,12);/q;+1/p-1. The smallest absolute Gasteiger partial charge is 0.768 e. The van der Waals surface area contributed by atoms with Gasteiger partial charge in [0.05, 0.1) is 0 Å². The maximum Gasteiger partial charge on any atom is 1.00 e. The fraction of sp³-hybridized carbons (Fsp3) is 0.125. The third kappa shape index (κ3) is 3.56. The van der Waals surface area contributed by atoms with E-state index in [0.717, 1.165) is 0 Å². The van der Waals surface area contributed by atoms with Gasteiger partial charge in [-0.2, -0.15) is 0 Å². The summed E-state index contributed by atoms with van der Waals surface area (Å²) >= 11 is 0.871. The van der Waals surface area contributed by atoms with Crippen LogP contribution in [0.3, 0.4) is 0 Å². The number of benzene rings is 1. The van der Waals surface area contributed by atoms with Crippen LogP contribution in [-0.2, 0) is 11.1 Å². The van der Waals surface area contributed by atoms with Crippen molar-refractivity contribution in [1.29, 1.82) is 0 Å². The van der Waals surface area contributed by atoms with E-state index in [1.165, 1.54) is 19.1 Å². The molecule has 0 N–H and O–H groups in total. The molecule has 0 aromatic heterocycles. The minimum absolute atomic E-state index is 0. The fourth-order valence-corrected chi connectivity index (χ4v) is 1.80. The van der Waals surface area contributed by atoms with E-state index in [2.05, 4.69) is 15.9 Å². The van der Waals surface area contributed by atoms with E-state index in [9.17, 15) is 13.6 Å². The number of carbonyl (C=O) groups is 1. The summed E-state index contributed by atoms with van der Waals surface area (Å²) < 4.78 is 21.7. The molecule has 1 atom stereocenters. The second-order valence-electron chi connectivity index (χ2n) is 2.43. The number of hydrogen-bond acceptors (Lipinski definition) is 3. The molecular weight excluding hydrogens is 279 g/mol. The molecule has 1 aromatic rings. The molecule has 0 saturated heterocycles. The molecule has 0 amide bonds. The molecule has 70 valence electrons. The predicted octanol–water partition coefficient (Wildman–Crippen LogP) is -1.11. The van der Waals surface area contributed by atoms with Crippen LogP contribution in [0, 0.1) is 0 Å². The van der Waals surface area contributed by atoms with Crippen LogP contribution in [0.1, 0.15) is 17.3 Å². The summed E-state index contributed by atoms with van der Waals surface area (Å²) in [4.78, 5) is 11.1. The molecule has 0 aliphatic carbocycles. The van der Waals surface area contributed by atoms with E-state index >= 15 is 0 Å². The summed E-state index contributed by atoms with van der Waals surface area (Å²) in [5, 5.41) is 0. The first kappa shape index (κ1) is 14.5. The molecule has 14 heavy (non-hydrogen) atoms. The SMILES string of the molecule is CC(=O)c1cc(S(=O)[O-])ccc1Br.[Na+]. The van der Waals surface area contributed by atoms with Crippen molar-refractivity contribution in [2.45, 2.75) is 11.8 Å². The van der Waals surface area contributed by atoms with Gasteiger partial charge in [-0.3, -0.25) is 9.00 Å². The average molecular weight is 285 g/mol. The summed E-state index contributed by atoms with van der Waals surface area (Å²) in [6.45, 7) is 1.39. The van der Waals surface area contributed by atoms with E-state index in [0.29, 0.717) is 10.0 Å². The topological polar surface area (TPSA) is 57.2 Å². The molecule has 0 aliphatic heterocycles. The monoisotopic (exact) mass is 284 g/mol. The van der Waals surface area contributed by atoms with Gasteiger partial charge < -0.3 is 4.55 Å². The zero-order valence-corrected chi connectivity index (χ0v) is 12.1. The molecule has 6 heteroatoms. The molecule has 3 nitrogen and oxygen atoms in total. The third-order valence-corrected chi connectivity index (χ3v) is 2.84. The maximum atomic E-state index is 11.0. The van der Waals surface area contributed by atoms with Crippen LogP contribution in [0.25, 0.3) is 0 Å². The van der Waals surface area contributed by atoms with Gasteiger partial charge in [0, 0.05) is 14.9 Å². The van der Waals surface area contributed by atoms with E-state index in [-0.39, 0.29) is 40.2 Å². The van der Waals surface area contributed by atoms with Crippen LogP contribution < -0.4 is 29.6 Å². The third-order valence-electron chi connectivity index (χ3n) is 1.51. The van der Waals surface area contributed by atoms with E-state index in [1.807, 2.05) is 0 Å². The molecule has 0 bridgehead atoms. The van der Waals surface area contributed by atoms with Crippen LogP contribution >= 0.6 is 15.9 Å². The molecular formula is C8H6BrNaO3S. The zero-order chi connectivity index (χ0) is 10.0. The molecule has 1 unspecified atom stereocenters. The van der Waals surface area contributed by atoms with Gasteiger partial charge in [-0.1, -0.05) is 15.9 Å². The minimum Gasteiger partial charge on any atom is -0.768 e. The van der Waals surface area contributed by atoms with Gasteiger partial charge in [0.15, 0.2) is 5.78 Å². The Hall–Kier alpha value is 0.480. The van der Waals surface area contributed by atoms with Gasteiger partial charge in [0.25, 0.3) is 0 Å². The Morgan fingerprint density at radius 2 is 2.07 bits per heavy atom. The molecule has 0 fully saturated rings. The quantitative estimate of drug-likeness (QED) is 0.393. The maximum absolute atomic E-state index is 11.0. The second-order valence-corrected chi connectivity index (χ2v) is 4.23. The van der Waals surface area contributed by atoms with Crippen LogP contribution in [0.5, 0.6) is 0 Å². The number of ketones is 1. The molecule has 1 aromatic carbocycles. The number of halogens is 1. The van der Waals surface area contributed by atoms with Crippen LogP contribution in [0.2, 0.25) is 0 Å². The molecule has 0 radical (unpaired) electrons. The van der Waals surface area contributed by atoms with Crippen molar-refractivity contribution in [3.8, 4) is 0 Å². The zero-order valence-electron chi connectivity index (χ0n) is 7.74. The number of rotatable bonds is 2. The van der Waals surface area contributed by atoms with Gasteiger partial charge in [-0.05, 0) is 36.2 Å². The fourth-order valence-electron chi connectivity index (χ4n) is 0.878. The Morgan fingerprint density at radius 3 is 2.50 bits per heavy atom. The number of Topliss-reactive ketones (excluding diaryl/α,β-unsaturated/α-hetero) is 1. The van der Waals surface area contributed by atoms with Crippen molar-refractivity contribution in [2.24, 2.45) is 0 Å². The van der Waals surface area contributed by atoms with Gasteiger partial charge in [-0.25, -0.2) is 0 Å². The van der Waals surface area contributed by atoms with Crippen molar-refractivity contribution in [2.75, 3.05) is 0 Å². The van der Waals surface area contributed by atoms with Crippen molar-refractivity contribution in [1.82, 2.24) is 0 Å². The van der Waals surface area contributed by atoms with Gasteiger partial charge in [0.2, 0.25) is 0 Å². The normalized spacial score (nSPS) is 11.6. The summed E-state index contributed by atoms with van der Waals surface area (Å²) in [6.07, 6.45) is 0. The summed E-state index contributed by atoms with van der Waals surface area (Å²) in [5.74, 6) is -0.167. The van der Waals surface area contributed by atoms with Crippen molar-refractivity contribution >= 4 is 32.8 Å². The summed E-state index contributed by atoms with van der Waals surface area (Å²) in [5.41, 5.74) is 0.377. The Kier molecular flexibility index (Phi) is 6.36. The Bertz CT molecular complexity index is 381. The van der Waals surface area contributed by atoms with Crippen LogP contribution in [0.4, 0.5) is 0 Å². The largest absolute Gasteiger partial charge is 1.00 e. The predicted molar refractivity (Wildman–Crippen MR) is 51.3 cm³/mol. The van der Waals surface area contributed by atoms with E-state index in [1.54, 1.807) is 6.07 Å². The average Bonchev–Trinajstić information content (AvgIpc) is 2.04. The Morgan fingerprint density at radius 1 is 1.50 bits per heavy atom. The van der Waals surface area contributed by atoms with Crippen LogP contribution in [-0.4, -0.2) is 14.5 Å². The molecule has 0 heterocycles. The summed E-state index contributed by atoms with van der Waals surface area (Å²) in [6, 6.07) is 4.32. The van der Waals surface area contributed by atoms with Crippen molar-refractivity contribution < 1.29 is 43.1 Å². The van der Waals surface area contributed by atoms with Gasteiger partial charge in [-0.15, -0.1) is 0 Å². The molecule has 0 spiro atoms. The molecule has 0 saturated carbocycles. The summed E-state index contributed by atoms with van der Waals surface area (Å²) in [7, 11) is 0. The van der Waals surface area contributed by atoms with Crippen LogP contribution in [0.15, 0.2) is 27.6 Å². The van der Waals surface area contributed by atoms with Gasteiger partial charge >= 0.3 is 29.6 Å². The van der Waals surface area contributed by atoms with E-state index in [4.69, 9.17) is 0 Å². The Labute approximate surface area is 115 Å². The minimum atomic E-state index is -2.29. The number of hydrogen-bond donors (Lipinski definition) is 0. The Balaban J connectivity index is 0.00000169. The first-order valence-electron chi connectivity index (χ1n) is 3.42. The van der Waals surface area contributed by atoms with E-state index < -0.39 is 11.1 Å². The number of carbonyl (C=O) groups excluding carboxylic acids is 1. The molecule has 0 aliphatic rings. The van der Waals surface area contributed by atoms with Crippen molar-refractivity contribution in [3.63, 3.8) is 0 Å².